The van der Waals surface area contributed by atoms with E-state index in [1.165, 1.54) is 0 Å². The Balaban J connectivity index is 3.39. The third-order valence-electron chi connectivity index (χ3n) is 2.25. The van der Waals surface area contributed by atoms with E-state index in [0.29, 0.717) is 0 Å². The lowest BCUT2D eigenvalue weighted by Crippen LogP contribution is -2.20. The van der Waals surface area contributed by atoms with Gasteiger partial charge in [0.15, 0.2) is 0 Å². The van der Waals surface area contributed by atoms with Gasteiger partial charge < -0.3 is 5.73 Å². The highest BCUT2D eigenvalue weighted by molar-refractivity contribution is 5.37. The number of rotatable bonds is 2. The van der Waals surface area contributed by atoms with Crippen molar-refractivity contribution in [3.63, 3.8) is 0 Å². The number of alkyl halides is 7. The van der Waals surface area contributed by atoms with E-state index in [9.17, 15) is 30.7 Å². The van der Waals surface area contributed by atoms with Gasteiger partial charge in [-0.3, -0.25) is 0 Å². The maximum Gasteiger partial charge on any atom is 0.416 e. The van der Waals surface area contributed by atoms with E-state index >= 15 is 0 Å². The Morgan fingerprint density at radius 3 is 1.94 bits per heavy atom. The Bertz CT molecular complexity index is 421. The monoisotopic (exact) mass is 275 g/mol. The van der Waals surface area contributed by atoms with E-state index in [1.807, 2.05) is 0 Å². The minimum atomic E-state index is -4.88. The second kappa shape index (κ2) is 4.75. The first kappa shape index (κ1) is 14.7. The van der Waals surface area contributed by atoms with Crippen molar-refractivity contribution in [3.8, 4) is 0 Å². The Morgan fingerprint density at radius 2 is 1.56 bits per heavy atom. The Hall–Kier alpha value is -1.31. The smallest absolute Gasteiger partial charge is 0.322 e. The summed E-state index contributed by atoms with van der Waals surface area (Å²) in [4.78, 5) is 0. The highest BCUT2D eigenvalue weighted by atomic mass is 19.4. The van der Waals surface area contributed by atoms with Gasteiger partial charge in [-0.1, -0.05) is 0 Å². The summed E-state index contributed by atoms with van der Waals surface area (Å²) in [6.07, 6.45) is -9.69. The topological polar surface area (TPSA) is 26.0 Å². The molecule has 0 aliphatic rings. The summed E-state index contributed by atoms with van der Waals surface area (Å²) in [7, 11) is 0. The Morgan fingerprint density at radius 1 is 1.00 bits per heavy atom. The summed E-state index contributed by atoms with van der Waals surface area (Å²) < 4.78 is 86.9. The van der Waals surface area contributed by atoms with E-state index in [-0.39, 0.29) is 18.2 Å². The first-order chi connectivity index (χ1) is 8.07. The molecule has 0 unspecified atom stereocenters. The third-order valence-corrected chi connectivity index (χ3v) is 2.25. The highest BCUT2D eigenvalue weighted by Crippen LogP contribution is 2.38. The summed E-state index contributed by atoms with van der Waals surface area (Å²) in [5.74, 6) is 0. The second-order valence-electron chi connectivity index (χ2n) is 3.56. The minimum Gasteiger partial charge on any atom is -0.322 e. The van der Waals surface area contributed by atoms with Gasteiger partial charge in [-0.05, 0) is 23.8 Å². The zero-order valence-corrected chi connectivity index (χ0v) is 8.74. The van der Waals surface area contributed by atoms with Crippen molar-refractivity contribution >= 4 is 0 Å². The van der Waals surface area contributed by atoms with Crippen molar-refractivity contribution in [1.82, 2.24) is 0 Å². The summed E-state index contributed by atoms with van der Waals surface area (Å²) in [6, 6.07) is -0.971. The summed E-state index contributed by atoms with van der Waals surface area (Å²) >= 11 is 0. The molecule has 0 saturated heterocycles. The van der Waals surface area contributed by atoms with Crippen LogP contribution >= 0.6 is 0 Å². The number of hydrogen-bond acceptors (Lipinski definition) is 1. The van der Waals surface area contributed by atoms with Gasteiger partial charge in [0, 0.05) is 0 Å². The second-order valence-corrected chi connectivity index (χ2v) is 3.56. The maximum absolute atomic E-state index is 12.5. The fourth-order valence-corrected chi connectivity index (χ4v) is 1.39. The average Bonchev–Trinajstić information content (AvgIpc) is 2.24. The third kappa shape index (κ3) is 3.12. The summed E-state index contributed by atoms with van der Waals surface area (Å²) in [5, 5.41) is 0. The average molecular weight is 275 g/mol. The molecule has 0 aromatic heterocycles. The minimum absolute atomic E-state index is 0.229. The van der Waals surface area contributed by atoms with Crippen molar-refractivity contribution in [2.75, 3.05) is 6.67 Å². The fourth-order valence-electron chi connectivity index (χ4n) is 1.39. The number of halogens is 7. The zero-order valence-electron chi connectivity index (χ0n) is 8.74. The molecule has 0 spiro atoms. The molecule has 0 heterocycles. The van der Waals surface area contributed by atoms with Crippen LogP contribution in [-0.2, 0) is 12.4 Å². The van der Waals surface area contributed by atoms with Gasteiger partial charge >= 0.3 is 12.4 Å². The molecule has 1 aromatic carbocycles. The first-order valence-electron chi connectivity index (χ1n) is 4.67. The molecule has 1 rings (SSSR count). The first-order valence-corrected chi connectivity index (χ1v) is 4.67. The lowest BCUT2D eigenvalue weighted by Gasteiger charge is -2.18. The number of nitrogens with two attached hydrogens (primary N) is 1. The van der Waals surface area contributed by atoms with Gasteiger partial charge in [0.1, 0.15) is 6.67 Å². The van der Waals surface area contributed by atoms with Crippen molar-refractivity contribution in [1.29, 1.82) is 0 Å². The molecule has 0 amide bonds. The van der Waals surface area contributed by atoms with Crippen LogP contribution in [0.1, 0.15) is 22.7 Å². The van der Waals surface area contributed by atoms with Gasteiger partial charge in [0.2, 0.25) is 0 Å². The van der Waals surface area contributed by atoms with Crippen LogP contribution in [0, 0.1) is 0 Å². The standard InChI is InChI=1S/C10H8F7N/c11-4-8(18)6-3-5(9(12,13)14)1-2-7(6)10(15,16)17/h1-3,8H,4,18H2/t8-/m1/s1. The summed E-state index contributed by atoms with van der Waals surface area (Å²) in [6.45, 7) is -1.38. The maximum atomic E-state index is 12.5. The van der Waals surface area contributed by atoms with Crippen molar-refractivity contribution < 1.29 is 30.7 Å². The molecule has 0 saturated carbocycles. The van der Waals surface area contributed by atoms with E-state index in [1.54, 1.807) is 0 Å². The molecule has 0 bridgehead atoms. The van der Waals surface area contributed by atoms with E-state index in [0.717, 1.165) is 0 Å². The molecule has 8 heteroatoms. The SMILES string of the molecule is N[C@H](CF)c1cc(C(F)(F)F)ccc1C(F)(F)F. The highest BCUT2D eigenvalue weighted by Gasteiger charge is 2.38. The summed E-state index contributed by atoms with van der Waals surface area (Å²) in [5.41, 5.74) is 1.50. The van der Waals surface area contributed by atoms with Crippen LogP contribution < -0.4 is 5.73 Å². The molecule has 0 radical (unpaired) electrons. The van der Waals surface area contributed by atoms with Crippen LogP contribution in [0.3, 0.4) is 0 Å². The molecular formula is C10H8F7N. The predicted octanol–water partition coefficient (Wildman–Crippen LogP) is 3.69. The van der Waals surface area contributed by atoms with Gasteiger partial charge in [-0.25, -0.2) is 4.39 Å². The number of benzene rings is 1. The van der Waals surface area contributed by atoms with Crippen LogP contribution in [0.25, 0.3) is 0 Å². The molecule has 0 aliphatic carbocycles. The molecule has 102 valence electrons. The van der Waals surface area contributed by atoms with Crippen molar-refractivity contribution in [3.05, 3.63) is 34.9 Å². The van der Waals surface area contributed by atoms with E-state index in [4.69, 9.17) is 5.73 Å². The van der Waals surface area contributed by atoms with Crippen molar-refractivity contribution in [2.24, 2.45) is 5.73 Å². The normalized spacial score (nSPS) is 14.7. The van der Waals surface area contributed by atoms with Crippen LogP contribution in [0.4, 0.5) is 30.7 Å². The molecule has 0 aliphatic heterocycles. The van der Waals surface area contributed by atoms with Gasteiger partial charge in [-0.2, -0.15) is 26.3 Å². The van der Waals surface area contributed by atoms with E-state index < -0.39 is 41.8 Å². The molecule has 2 N–H and O–H groups in total. The van der Waals surface area contributed by atoms with E-state index in [2.05, 4.69) is 0 Å². The van der Waals surface area contributed by atoms with Crippen LogP contribution in [0.2, 0.25) is 0 Å². The fraction of sp³-hybridized carbons (Fsp3) is 0.400. The Kier molecular flexibility index (Phi) is 3.89. The zero-order chi connectivity index (χ0) is 14.1. The molecule has 1 nitrogen and oxygen atoms in total. The van der Waals surface area contributed by atoms with Crippen LogP contribution in [0.15, 0.2) is 18.2 Å². The lowest BCUT2D eigenvalue weighted by molar-refractivity contribution is -0.142. The quantitative estimate of drug-likeness (QED) is 0.818. The predicted molar refractivity (Wildman–Crippen MR) is 49.3 cm³/mol. The largest absolute Gasteiger partial charge is 0.416 e. The Labute approximate surface area is 97.4 Å². The van der Waals surface area contributed by atoms with Gasteiger partial charge in [-0.15, -0.1) is 0 Å². The van der Waals surface area contributed by atoms with Gasteiger partial charge in [0.05, 0.1) is 17.2 Å². The van der Waals surface area contributed by atoms with Crippen LogP contribution in [-0.4, -0.2) is 6.67 Å². The van der Waals surface area contributed by atoms with Gasteiger partial charge in [0.25, 0.3) is 0 Å². The number of hydrogen-bond donors (Lipinski definition) is 1. The molecular weight excluding hydrogens is 267 g/mol. The molecule has 18 heavy (non-hydrogen) atoms. The molecule has 0 fully saturated rings. The molecule has 1 atom stereocenters. The molecule has 1 aromatic rings. The van der Waals surface area contributed by atoms with Crippen LogP contribution in [0.5, 0.6) is 0 Å². The lowest BCUT2D eigenvalue weighted by atomic mass is 9.98. The van der Waals surface area contributed by atoms with Crippen molar-refractivity contribution in [2.45, 2.75) is 18.4 Å².